The fourth-order valence-corrected chi connectivity index (χ4v) is 3.39. The molecule has 1 spiro atoms. The molecule has 1 aliphatic heterocycles. The third-order valence-electron chi connectivity index (χ3n) is 4.23. The van der Waals surface area contributed by atoms with E-state index in [1.165, 1.54) is 32.1 Å². The zero-order valence-corrected chi connectivity index (χ0v) is 11.8. The first-order valence-corrected chi connectivity index (χ1v) is 7.40. The molecule has 1 heterocycles. The summed E-state index contributed by atoms with van der Waals surface area (Å²) < 4.78 is 12.0. The highest BCUT2D eigenvalue weighted by molar-refractivity contribution is 6.32. The van der Waals surface area contributed by atoms with Gasteiger partial charge in [0.1, 0.15) is 12.4 Å². The number of hydrogen-bond acceptors (Lipinski definition) is 3. The van der Waals surface area contributed by atoms with E-state index in [1.54, 1.807) is 18.2 Å². The lowest BCUT2D eigenvalue weighted by Crippen LogP contribution is -2.27. The van der Waals surface area contributed by atoms with Crippen LogP contribution < -0.4 is 10.5 Å². The Morgan fingerprint density at radius 1 is 1.32 bits per heavy atom. The summed E-state index contributed by atoms with van der Waals surface area (Å²) in [4.78, 5) is 0. The molecule has 2 aliphatic rings. The van der Waals surface area contributed by atoms with E-state index in [0.29, 0.717) is 23.1 Å². The topological polar surface area (TPSA) is 44.5 Å². The molecule has 3 nitrogen and oxygen atoms in total. The summed E-state index contributed by atoms with van der Waals surface area (Å²) in [6.45, 7) is 0.560. The Bertz CT molecular complexity index is 457. The number of benzene rings is 1. The van der Waals surface area contributed by atoms with Crippen molar-refractivity contribution in [2.75, 3.05) is 12.3 Å². The summed E-state index contributed by atoms with van der Waals surface area (Å²) in [5.41, 5.74) is 6.56. The van der Waals surface area contributed by atoms with E-state index in [9.17, 15) is 0 Å². The van der Waals surface area contributed by atoms with Crippen LogP contribution in [0.3, 0.4) is 0 Å². The van der Waals surface area contributed by atoms with Gasteiger partial charge in [-0.05, 0) is 37.8 Å². The van der Waals surface area contributed by atoms with Gasteiger partial charge in [-0.2, -0.15) is 0 Å². The molecule has 3 rings (SSSR count). The zero-order valence-electron chi connectivity index (χ0n) is 11.0. The van der Waals surface area contributed by atoms with E-state index >= 15 is 0 Å². The van der Waals surface area contributed by atoms with Gasteiger partial charge in [-0.25, -0.2) is 0 Å². The van der Waals surface area contributed by atoms with Crippen LogP contribution in [0, 0.1) is 0 Å². The van der Waals surface area contributed by atoms with Crippen LogP contribution >= 0.6 is 11.6 Å². The molecule has 0 amide bonds. The standard InChI is InChI=1S/C15H20ClNO2/c16-13-4-3-11(17)9-14(13)18-10-12-5-8-15(19-12)6-1-2-7-15/h3-4,9,12H,1-2,5-8,10,17H2. The van der Waals surface area contributed by atoms with Gasteiger partial charge in [-0.1, -0.05) is 24.4 Å². The van der Waals surface area contributed by atoms with Crippen LogP contribution in [0.1, 0.15) is 38.5 Å². The molecule has 2 fully saturated rings. The number of ether oxygens (including phenoxy) is 2. The van der Waals surface area contributed by atoms with Crippen molar-refractivity contribution in [2.24, 2.45) is 0 Å². The molecule has 1 atom stereocenters. The lowest BCUT2D eigenvalue weighted by atomic mass is 9.98. The molecule has 1 unspecified atom stereocenters. The lowest BCUT2D eigenvalue weighted by molar-refractivity contribution is -0.0508. The van der Waals surface area contributed by atoms with Gasteiger partial charge >= 0.3 is 0 Å². The molecule has 0 radical (unpaired) electrons. The maximum Gasteiger partial charge on any atom is 0.140 e. The average molecular weight is 282 g/mol. The molecule has 1 saturated carbocycles. The summed E-state index contributed by atoms with van der Waals surface area (Å²) in [6, 6.07) is 5.30. The minimum Gasteiger partial charge on any atom is -0.489 e. The quantitative estimate of drug-likeness (QED) is 0.857. The van der Waals surface area contributed by atoms with Gasteiger partial charge < -0.3 is 15.2 Å². The van der Waals surface area contributed by atoms with Gasteiger partial charge in [0.2, 0.25) is 0 Å². The molecular formula is C15H20ClNO2. The molecule has 0 aromatic heterocycles. The highest BCUT2D eigenvalue weighted by Gasteiger charge is 2.42. The van der Waals surface area contributed by atoms with Crippen molar-refractivity contribution in [1.29, 1.82) is 0 Å². The molecule has 2 N–H and O–H groups in total. The van der Waals surface area contributed by atoms with Crippen molar-refractivity contribution in [1.82, 2.24) is 0 Å². The summed E-state index contributed by atoms with van der Waals surface area (Å²) in [5, 5.41) is 0.600. The number of halogens is 1. The van der Waals surface area contributed by atoms with Crippen molar-refractivity contribution in [3.63, 3.8) is 0 Å². The number of nitrogens with two attached hydrogens (primary N) is 1. The van der Waals surface area contributed by atoms with E-state index in [2.05, 4.69) is 0 Å². The SMILES string of the molecule is Nc1ccc(Cl)c(OCC2CCC3(CCCC3)O2)c1. The predicted molar refractivity (Wildman–Crippen MR) is 76.7 cm³/mol. The van der Waals surface area contributed by atoms with E-state index < -0.39 is 0 Å². The summed E-state index contributed by atoms with van der Waals surface area (Å²) >= 11 is 6.08. The average Bonchev–Trinajstić information content (AvgIpc) is 3.02. The van der Waals surface area contributed by atoms with Gasteiger partial charge in [-0.15, -0.1) is 0 Å². The maximum absolute atomic E-state index is 6.20. The minimum absolute atomic E-state index is 0.160. The molecule has 1 aliphatic carbocycles. The third-order valence-corrected chi connectivity index (χ3v) is 4.55. The summed E-state index contributed by atoms with van der Waals surface area (Å²) in [5.74, 6) is 0.651. The van der Waals surface area contributed by atoms with E-state index in [-0.39, 0.29) is 11.7 Å². The van der Waals surface area contributed by atoms with Gasteiger partial charge in [0, 0.05) is 11.8 Å². The van der Waals surface area contributed by atoms with E-state index in [0.717, 1.165) is 6.42 Å². The number of nitrogen functional groups attached to an aromatic ring is 1. The molecule has 1 saturated heterocycles. The molecule has 19 heavy (non-hydrogen) atoms. The van der Waals surface area contributed by atoms with Crippen molar-refractivity contribution in [2.45, 2.75) is 50.2 Å². The van der Waals surface area contributed by atoms with Gasteiger partial charge in [0.05, 0.1) is 16.7 Å². The Morgan fingerprint density at radius 2 is 2.11 bits per heavy atom. The second-order valence-corrected chi connectivity index (χ2v) is 6.08. The van der Waals surface area contributed by atoms with Crippen LogP contribution in [0.15, 0.2) is 18.2 Å². The van der Waals surface area contributed by atoms with Crippen LogP contribution in [-0.4, -0.2) is 18.3 Å². The first-order valence-electron chi connectivity index (χ1n) is 7.03. The second kappa shape index (κ2) is 5.22. The van der Waals surface area contributed by atoms with Crippen LogP contribution in [0.2, 0.25) is 5.02 Å². The van der Waals surface area contributed by atoms with E-state index in [1.807, 2.05) is 0 Å². The summed E-state index contributed by atoms with van der Waals surface area (Å²) in [7, 11) is 0. The maximum atomic E-state index is 6.20. The molecule has 4 heteroatoms. The Balaban J connectivity index is 1.57. The highest BCUT2D eigenvalue weighted by Crippen LogP contribution is 2.43. The molecule has 104 valence electrons. The number of hydrogen-bond donors (Lipinski definition) is 1. The lowest BCUT2D eigenvalue weighted by Gasteiger charge is -2.23. The summed E-state index contributed by atoms with van der Waals surface area (Å²) in [6.07, 6.45) is 7.47. The van der Waals surface area contributed by atoms with Gasteiger partial charge in [0.25, 0.3) is 0 Å². The Kier molecular flexibility index (Phi) is 3.59. The van der Waals surface area contributed by atoms with Gasteiger partial charge in [0.15, 0.2) is 0 Å². The molecule has 1 aromatic rings. The molecule has 1 aromatic carbocycles. The Morgan fingerprint density at radius 3 is 2.89 bits per heavy atom. The minimum atomic E-state index is 0.160. The fourth-order valence-electron chi connectivity index (χ4n) is 3.21. The number of anilines is 1. The van der Waals surface area contributed by atoms with Crippen LogP contribution in [0.25, 0.3) is 0 Å². The fraction of sp³-hybridized carbons (Fsp3) is 0.600. The van der Waals surface area contributed by atoms with Crippen molar-refractivity contribution in [3.05, 3.63) is 23.2 Å². The smallest absolute Gasteiger partial charge is 0.140 e. The molecule has 0 bridgehead atoms. The first kappa shape index (κ1) is 13.1. The molecular weight excluding hydrogens is 262 g/mol. The largest absolute Gasteiger partial charge is 0.489 e. The number of rotatable bonds is 3. The highest BCUT2D eigenvalue weighted by atomic mass is 35.5. The monoisotopic (exact) mass is 281 g/mol. The Labute approximate surface area is 119 Å². The van der Waals surface area contributed by atoms with Crippen molar-refractivity contribution in [3.8, 4) is 5.75 Å². The van der Waals surface area contributed by atoms with E-state index in [4.69, 9.17) is 26.8 Å². The second-order valence-electron chi connectivity index (χ2n) is 5.67. The van der Waals surface area contributed by atoms with Crippen molar-refractivity contribution < 1.29 is 9.47 Å². The van der Waals surface area contributed by atoms with Crippen LogP contribution in [0.4, 0.5) is 5.69 Å². The van der Waals surface area contributed by atoms with Crippen LogP contribution in [-0.2, 0) is 4.74 Å². The zero-order chi connectivity index (χ0) is 13.3. The Hall–Kier alpha value is -0.930. The van der Waals surface area contributed by atoms with Gasteiger partial charge in [-0.3, -0.25) is 0 Å². The van der Waals surface area contributed by atoms with Crippen molar-refractivity contribution >= 4 is 17.3 Å². The first-order chi connectivity index (χ1) is 9.17. The third kappa shape index (κ3) is 2.82. The predicted octanol–water partition coefficient (Wildman–Crippen LogP) is 3.79. The normalized spacial score (nSPS) is 25.0. The van der Waals surface area contributed by atoms with Crippen LogP contribution in [0.5, 0.6) is 5.75 Å².